The van der Waals surface area contributed by atoms with Gasteiger partial charge in [0.15, 0.2) is 0 Å². The molecule has 88 valence electrons. The van der Waals surface area contributed by atoms with Crippen LogP contribution < -0.4 is 5.73 Å². The Morgan fingerprint density at radius 1 is 1.40 bits per heavy atom. The van der Waals surface area contributed by atoms with Gasteiger partial charge in [-0.3, -0.25) is 4.79 Å². The molecule has 3 unspecified atom stereocenters. The van der Waals surface area contributed by atoms with Crippen LogP contribution in [0.15, 0.2) is 0 Å². The van der Waals surface area contributed by atoms with Crippen molar-refractivity contribution in [3.05, 3.63) is 0 Å². The number of rotatable bonds is 4. The number of amides is 1. The zero-order chi connectivity index (χ0) is 11.4. The second-order valence-corrected chi connectivity index (χ2v) is 4.92. The van der Waals surface area contributed by atoms with Gasteiger partial charge in [-0.15, -0.1) is 0 Å². The van der Waals surface area contributed by atoms with E-state index in [-0.39, 0.29) is 11.8 Å². The molecule has 3 nitrogen and oxygen atoms in total. The molecule has 15 heavy (non-hydrogen) atoms. The van der Waals surface area contributed by atoms with Gasteiger partial charge >= 0.3 is 0 Å². The first kappa shape index (κ1) is 12.5. The molecule has 0 aromatic carbocycles. The van der Waals surface area contributed by atoms with Gasteiger partial charge in [0, 0.05) is 19.6 Å². The first-order valence-electron chi connectivity index (χ1n) is 6.09. The predicted molar refractivity (Wildman–Crippen MR) is 62.4 cm³/mol. The van der Waals surface area contributed by atoms with E-state index in [4.69, 9.17) is 5.73 Å². The highest BCUT2D eigenvalue weighted by Crippen LogP contribution is 2.24. The van der Waals surface area contributed by atoms with Gasteiger partial charge in [-0.25, -0.2) is 0 Å². The van der Waals surface area contributed by atoms with Gasteiger partial charge < -0.3 is 10.6 Å². The lowest BCUT2D eigenvalue weighted by molar-refractivity contribution is -0.134. The van der Waals surface area contributed by atoms with E-state index in [9.17, 15) is 4.79 Å². The summed E-state index contributed by atoms with van der Waals surface area (Å²) in [6, 6.07) is 0. The highest BCUT2D eigenvalue weighted by molar-refractivity contribution is 5.79. The molecule has 0 spiro atoms. The van der Waals surface area contributed by atoms with Gasteiger partial charge in [-0.2, -0.15) is 0 Å². The van der Waals surface area contributed by atoms with Crippen molar-refractivity contribution in [2.75, 3.05) is 19.6 Å². The minimum absolute atomic E-state index is 0.0486. The van der Waals surface area contributed by atoms with Crippen molar-refractivity contribution >= 4 is 5.91 Å². The Hall–Kier alpha value is -0.570. The Morgan fingerprint density at radius 2 is 1.93 bits per heavy atom. The SMILES string of the molecule is CCCC(CN)C(=O)N1CC(C)C(C)C1. The fraction of sp³-hybridized carbons (Fsp3) is 0.917. The Balaban J connectivity index is 2.52. The molecule has 0 radical (unpaired) electrons. The fourth-order valence-electron chi connectivity index (χ4n) is 2.26. The monoisotopic (exact) mass is 212 g/mol. The molecule has 1 amide bonds. The van der Waals surface area contributed by atoms with Crippen LogP contribution in [0.2, 0.25) is 0 Å². The quantitative estimate of drug-likeness (QED) is 0.767. The molecule has 1 aliphatic rings. The Bertz CT molecular complexity index is 208. The first-order valence-corrected chi connectivity index (χ1v) is 6.09. The number of carbonyl (C=O) groups is 1. The Morgan fingerprint density at radius 3 is 2.33 bits per heavy atom. The molecule has 0 aromatic heterocycles. The molecule has 0 saturated carbocycles. The van der Waals surface area contributed by atoms with Crippen molar-refractivity contribution < 1.29 is 4.79 Å². The van der Waals surface area contributed by atoms with Crippen LogP contribution in [0.4, 0.5) is 0 Å². The molecule has 1 rings (SSSR count). The average molecular weight is 212 g/mol. The molecular weight excluding hydrogens is 188 g/mol. The van der Waals surface area contributed by atoms with Gasteiger partial charge in [-0.05, 0) is 18.3 Å². The molecule has 0 aromatic rings. The Labute approximate surface area is 93.0 Å². The van der Waals surface area contributed by atoms with Crippen molar-refractivity contribution in [1.29, 1.82) is 0 Å². The third-order valence-electron chi connectivity index (χ3n) is 3.57. The van der Waals surface area contributed by atoms with Crippen LogP contribution in [-0.4, -0.2) is 30.4 Å². The van der Waals surface area contributed by atoms with Crippen LogP contribution in [0, 0.1) is 17.8 Å². The maximum absolute atomic E-state index is 12.1. The standard InChI is InChI=1S/C12H24N2O/c1-4-5-11(6-13)12(15)14-7-9(2)10(3)8-14/h9-11H,4-8,13H2,1-3H3. The van der Waals surface area contributed by atoms with Crippen LogP contribution in [0.3, 0.4) is 0 Å². The number of carbonyl (C=O) groups excluding carboxylic acids is 1. The second kappa shape index (κ2) is 5.50. The largest absolute Gasteiger partial charge is 0.342 e. The molecule has 1 heterocycles. The average Bonchev–Trinajstić information content (AvgIpc) is 2.55. The van der Waals surface area contributed by atoms with Crippen molar-refractivity contribution in [3.63, 3.8) is 0 Å². The van der Waals surface area contributed by atoms with Crippen LogP contribution >= 0.6 is 0 Å². The zero-order valence-corrected chi connectivity index (χ0v) is 10.2. The number of nitrogens with zero attached hydrogens (tertiary/aromatic N) is 1. The highest BCUT2D eigenvalue weighted by Gasteiger charge is 2.32. The summed E-state index contributed by atoms with van der Waals surface area (Å²) in [5, 5.41) is 0. The normalized spacial score (nSPS) is 28.1. The van der Waals surface area contributed by atoms with Crippen molar-refractivity contribution in [1.82, 2.24) is 4.90 Å². The van der Waals surface area contributed by atoms with E-state index in [0.717, 1.165) is 25.9 Å². The number of hydrogen-bond donors (Lipinski definition) is 1. The summed E-state index contributed by atoms with van der Waals surface area (Å²) in [6.45, 7) is 8.86. The van der Waals surface area contributed by atoms with Crippen molar-refractivity contribution in [3.8, 4) is 0 Å². The van der Waals surface area contributed by atoms with E-state index < -0.39 is 0 Å². The summed E-state index contributed by atoms with van der Waals surface area (Å²) in [5.74, 6) is 1.59. The van der Waals surface area contributed by atoms with E-state index in [1.54, 1.807) is 0 Å². The van der Waals surface area contributed by atoms with E-state index in [1.165, 1.54) is 0 Å². The first-order chi connectivity index (χ1) is 7.10. The van der Waals surface area contributed by atoms with E-state index >= 15 is 0 Å². The third kappa shape index (κ3) is 2.94. The van der Waals surface area contributed by atoms with Crippen LogP contribution in [0.5, 0.6) is 0 Å². The number of hydrogen-bond acceptors (Lipinski definition) is 2. The predicted octanol–water partition coefficient (Wildman–Crippen LogP) is 1.48. The Kier molecular flexibility index (Phi) is 4.58. The van der Waals surface area contributed by atoms with Gasteiger partial charge in [0.05, 0.1) is 5.92 Å². The summed E-state index contributed by atoms with van der Waals surface area (Å²) in [4.78, 5) is 14.1. The molecular formula is C12H24N2O. The van der Waals surface area contributed by atoms with Crippen LogP contribution in [0.25, 0.3) is 0 Å². The smallest absolute Gasteiger partial charge is 0.226 e. The van der Waals surface area contributed by atoms with Crippen LogP contribution in [0.1, 0.15) is 33.6 Å². The lowest BCUT2D eigenvalue weighted by Gasteiger charge is -2.22. The maximum atomic E-state index is 12.1. The number of likely N-dealkylation sites (tertiary alicyclic amines) is 1. The van der Waals surface area contributed by atoms with Gasteiger partial charge in [0.25, 0.3) is 0 Å². The lowest BCUT2D eigenvalue weighted by Crippen LogP contribution is -2.37. The topological polar surface area (TPSA) is 46.3 Å². The minimum atomic E-state index is 0.0486. The summed E-state index contributed by atoms with van der Waals surface area (Å²) >= 11 is 0. The van der Waals surface area contributed by atoms with E-state index in [0.29, 0.717) is 18.4 Å². The van der Waals surface area contributed by atoms with Gasteiger partial charge in [0.1, 0.15) is 0 Å². The van der Waals surface area contributed by atoms with Crippen molar-refractivity contribution in [2.24, 2.45) is 23.5 Å². The molecule has 1 aliphatic heterocycles. The summed E-state index contributed by atoms with van der Waals surface area (Å²) in [6.07, 6.45) is 1.96. The summed E-state index contributed by atoms with van der Waals surface area (Å²) in [7, 11) is 0. The maximum Gasteiger partial charge on any atom is 0.226 e. The second-order valence-electron chi connectivity index (χ2n) is 4.92. The van der Waals surface area contributed by atoms with Gasteiger partial charge in [0.2, 0.25) is 5.91 Å². The zero-order valence-electron chi connectivity index (χ0n) is 10.2. The molecule has 1 fully saturated rings. The van der Waals surface area contributed by atoms with Crippen LogP contribution in [-0.2, 0) is 4.79 Å². The fourth-order valence-corrected chi connectivity index (χ4v) is 2.26. The van der Waals surface area contributed by atoms with Gasteiger partial charge in [-0.1, -0.05) is 27.2 Å². The lowest BCUT2D eigenvalue weighted by atomic mass is 10.0. The minimum Gasteiger partial charge on any atom is -0.342 e. The highest BCUT2D eigenvalue weighted by atomic mass is 16.2. The number of nitrogens with two attached hydrogens (primary N) is 1. The molecule has 3 heteroatoms. The molecule has 0 aliphatic carbocycles. The molecule has 2 N–H and O–H groups in total. The summed E-state index contributed by atoms with van der Waals surface area (Å²) in [5.41, 5.74) is 5.65. The molecule has 3 atom stereocenters. The summed E-state index contributed by atoms with van der Waals surface area (Å²) < 4.78 is 0. The third-order valence-corrected chi connectivity index (χ3v) is 3.57. The molecule has 0 bridgehead atoms. The van der Waals surface area contributed by atoms with E-state index in [2.05, 4.69) is 20.8 Å². The molecule has 1 saturated heterocycles. The van der Waals surface area contributed by atoms with E-state index in [1.807, 2.05) is 4.90 Å². The van der Waals surface area contributed by atoms with Crippen molar-refractivity contribution in [2.45, 2.75) is 33.6 Å².